The molecule has 0 spiro atoms. The zero-order valence-electron chi connectivity index (χ0n) is 15.6. The van der Waals surface area contributed by atoms with E-state index in [1.54, 1.807) is 24.0 Å². The summed E-state index contributed by atoms with van der Waals surface area (Å²) in [5, 5.41) is 0. The summed E-state index contributed by atoms with van der Waals surface area (Å²) in [5.41, 5.74) is 0.837. The van der Waals surface area contributed by atoms with Crippen molar-refractivity contribution in [3.05, 3.63) is 29.8 Å². The minimum atomic E-state index is -3.25. The maximum absolute atomic E-state index is 12.5. The van der Waals surface area contributed by atoms with Gasteiger partial charge in [0.2, 0.25) is 10.0 Å². The van der Waals surface area contributed by atoms with Crippen LogP contribution in [0.2, 0.25) is 0 Å². The number of nitrogens with zero attached hydrogens (tertiary/aromatic N) is 2. The van der Waals surface area contributed by atoms with Crippen molar-refractivity contribution in [2.75, 3.05) is 29.7 Å². The summed E-state index contributed by atoms with van der Waals surface area (Å²) in [6, 6.07) is 6.27. The Hall–Kier alpha value is -2.09. The normalized spacial score (nSPS) is 20.8. The number of hydrogen-bond donors (Lipinski definition) is 0. The van der Waals surface area contributed by atoms with Gasteiger partial charge < -0.3 is 9.64 Å². The summed E-state index contributed by atoms with van der Waals surface area (Å²) in [6.07, 6.45) is 3.96. The number of rotatable bonds is 4. The Morgan fingerprint density at radius 1 is 0.963 bits per heavy atom. The lowest BCUT2D eigenvalue weighted by Gasteiger charge is -2.24. The number of benzene rings is 1. The number of esters is 1. The standard InChI is InChI=1S/C19H26N2O5S/c1-15(18(22)20-11-4-2-3-5-12-20)26-19(23)16-7-9-17(10-8-16)21-13-6-14-27(21,24)25/h7-10,15H,2-6,11-14H2,1H3. The molecule has 1 unspecified atom stereocenters. The van der Waals surface area contributed by atoms with Gasteiger partial charge in [-0.2, -0.15) is 0 Å². The fourth-order valence-electron chi connectivity index (χ4n) is 3.52. The molecule has 2 saturated heterocycles. The molecule has 2 aliphatic heterocycles. The lowest BCUT2D eigenvalue weighted by molar-refractivity contribution is -0.139. The Morgan fingerprint density at radius 2 is 1.59 bits per heavy atom. The van der Waals surface area contributed by atoms with E-state index in [2.05, 4.69) is 0 Å². The Labute approximate surface area is 160 Å². The molecule has 3 rings (SSSR count). The van der Waals surface area contributed by atoms with Crippen LogP contribution in [0, 0.1) is 0 Å². The second-order valence-corrected chi connectivity index (χ2v) is 9.09. The molecule has 148 valence electrons. The molecule has 8 heteroatoms. The van der Waals surface area contributed by atoms with Crippen LogP contribution in [0.4, 0.5) is 5.69 Å². The number of anilines is 1. The third-order valence-electron chi connectivity index (χ3n) is 5.04. The summed E-state index contributed by atoms with van der Waals surface area (Å²) in [5.74, 6) is -0.598. The van der Waals surface area contributed by atoms with Crippen LogP contribution in [0.5, 0.6) is 0 Å². The van der Waals surface area contributed by atoms with Gasteiger partial charge in [0.1, 0.15) is 0 Å². The molecule has 1 amide bonds. The molecule has 0 saturated carbocycles. The van der Waals surface area contributed by atoms with Gasteiger partial charge in [-0.1, -0.05) is 12.8 Å². The predicted octanol–water partition coefficient (Wildman–Crippen LogP) is 2.17. The van der Waals surface area contributed by atoms with Crippen molar-refractivity contribution in [2.45, 2.75) is 45.1 Å². The highest BCUT2D eigenvalue weighted by Crippen LogP contribution is 2.24. The molecule has 1 aromatic rings. The Kier molecular flexibility index (Phi) is 6.04. The van der Waals surface area contributed by atoms with Gasteiger partial charge in [-0.25, -0.2) is 13.2 Å². The summed E-state index contributed by atoms with van der Waals surface area (Å²) in [4.78, 5) is 26.6. The number of likely N-dealkylation sites (tertiary alicyclic amines) is 1. The Balaban J connectivity index is 1.61. The fourth-order valence-corrected chi connectivity index (χ4v) is 5.08. The average Bonchev–Trinajstić information content (AvgIpc) is 2.85. The van der Waals surface area contributed by atoms with Crippen LogP contribution in [0.3, 0.4) is 0 Å². The number of carbonyl (C=O) groups is 2. The van der Waals surface area contributed by atoms with Crippen LogP contribution in [0.25, 0.3) is 0 Å². The van der Waals surface area contributed by atoms with Crippen molar-refractivity contribution in [3.8, 4) is 0 Å². The first-order chi connectivity index (χ1) is 12.9. The molecule has 0 aliphatic carbocycles. The van der Waals surface area contributed by atoms with Gasteiger partial charge in [0.15, 0.2) is 6.10 Å². The van der Waals surface area contributed by atoms with Crippen molar-refractivity contribution in [2.24, 2.45) is 0 Å². The van der Waals surface area contributed by atoms with Gasteiger partial charge in [0.25, 0.3) is 5.91 Å². The van der Waals surface area contributed by atoms with E-state index in [1.165, 1.54) is 16.4 Å². The number of ether oxygens (including phenoxy) is 1. The monoisotopic (exact) mass is 394 g/mol. The number of sulfonamides is 1. The van der Waals surface area contributed by atoms with Crippen molar-refractivity contribution in [1.82, 2.24) is 4.90 Å². The molecule has 1 aromatic carbocycles. The number of amides is 1. The Bertz CT molecular complexity index is 783. The van der Waals surface area contributed by atoms with Gasteiger partial charge in [-0.3, -0.25) is 9.10 Å². The zero-order valence-corrected chi connectivity index (χ0v) is 16.4. The van der Waals surface area contributed by atoms with E-state index in [-0.39, 0.29) is 11.7 Å². The van der Waals surface area contributed by atoms with E-state index in [0.717, 1.165) is 25.7 Å². The highest BCUT2D eigenvalue weighted by molar-refractivity contribution is 7.93. The van der Waals surface area contributed by atoms with Crippen molar-refractivity contribution in [1.29, 1.82) is 0 Å². The van der Waals surface area contributed by atoms with E-state index < -0.39 is 22.1 Å². The molecule has 2 fully saturated rings. The summed E-state index contributed by atoms with van der Waals surface area (Å²) < 4.78 is 30.6. The van der Waals surface area contributed by atoms with Gasteiger partial charge in [0.05, 0.1) is 17.0 Å². The zero-order chi connectivity index (χ0) is 19.4. The fraction of sp³-hybridized carbons (Fsp3) is 0.579. The number of hydrogen-bond acceptors (Lipinski definition) is 5. The van der Waals surface area contributed by atoms with Crippen LogP contribution in [-0.2, 0) is 19.6 Å². The van der Waals surface area contributed by atoms with E-state index in [0.29, 0.717) is 37.3 Å². The van der Waals surface area contributed by atoms with Gasteiger partial charge in [-0.05, 0) is 50.5 Å². The van der Waals surface area contributed by atoms with Crippen LogP contribution in [-0.4, -0.2) is 56.7 Å². The predicted molar refractivity (Wildman–Crippen MR) is 102 cm³/mol. The molecule has 2 heterocycles. The van der Waals surface area contributed by atoms with E-state index in [1.807, 2.05) is 0 Å². The highest BCUT2D eigenvalue weighted by atomic mass is 32.2. The van der Waals surface area contributed by atoms with Gasteiger partial charge in [0, 0.05) is 19.6 Å². The molecule has 2 aliphatic rings. The van der Waals surface area contributed by atoms with Crippen LogP contribution in [0.15, 0.2) is 24.3 Å². The largest absolute Gasteiger partial charge is 0.449 e. The molecule has 7 nitrogen and oxygen atoms in total. The van der Waals surface area contributed by atoms with Crippen molar-refractivity contribution in [3.63, 3.8) is 0 Å². The third kappa shape index (κ3) is 4.61. The molecule has 0 N–H and O–H groups in total. The quantitative estimate of drug-likeness (QED) is 0.731. The van der Waals surface area contributed by atoms with Crippen LogP contribution >= 0.6 is 0 Å². The maximum atomic E-state index is 12.5. The van der Waals surface area contributed by atoms with E-state index in [4.69, 9.17) is 4.74 Å². The molecular formula is C19H26N2O5S. The molecular weight excluding hydrogens is 368 g/mol. The minimum absolute atomic E-state index is 0.146. The van der Waals surface area contributed by atoms with Crippen molar-refractivity contribution < 1.29 is 22.7 Å². The molecule has 0 aromatic heterocycles. The second-order valence-electron chi connectivity index (χ2n) is 7.08. The van der Waals surface area contributed by atoms with E-state index in [9.17, 15) is 18.0 Å². The third-order valence-corrected chi connectivity index (χ3v) is 6.91. The second kappa shape index (κ2) is 8.29. The first-order valence-electron chi connectivity index (χ1n) is 9.49. The topological polar surface area (TPSA) is 84.0 Å². The van der Waals surface area contributed by atoms with Crippen LogP contribution in [0.1, 0.15) is 49.4 Å². The summed E-state index contributed by atoms with van der Waals surface area (Å²) in [7, 11) is -3.25. The van der Waals surface area contributed by atoms with Gasteiger partial charge in [-0.15, -0.1) is 0 Å². The maximum Gasteiger partial charge on any atom is 0.338 e. The smallest absolute Gasteiger partial charge is 0.338 e. The lowest BCUT2D eigenvalue weighted by atomic mass is 10.2. The van der Waals surface area contributed by atoms with Crippen LogP contribution < -0.4 is 4.31 Å². The van der Waals surface area contributed by atoms with Gasteiger partial charge >= 0.3 is 5.97 Å². The summed E-state index contributed by atoms with van der Waals surface area (Å²) in [6.45, 7) is 3.46. The first kappa shape index (κ1) is 19.7. The Morgan fingerprint density at radius 3 is 2.15 bits per heavy atom. The lowest BCUT2D eigenvalue weighted by Crippen LogP contribution is -2.40. The molecule has 27 heavy (non-hydrogen) atoms. The van der Waals surface area contributed by atoms with E-state index >= 15 is 0 Å². The number of carbonyl (C=O) groups excluding carboxylic acids is 2. The van der Waals surface area contributed by atoms with Crippen molar-refractivity contribution >= 4 is 27.6 Å². The molecule has 1 atom stereocenters. The molecule has 0 bridgehead atoms. The minimum Gasteiger partial charge on any atom is -0.449 e. The average molecular weight is 394 g/mol. The molecule has 0 radical (unpaired) electrons. The highest BCUT2D eigenvalue weighted by Gasteiger charge is 2.29. The first-order valence-corrected chi connectivity index (χ1v) is 11.1. The SMILES string of the molecule is CC(OC(=O)c1ccc(N2CCCS2(=O)=O)cc1)C(=O)N1CCCCCC1. The summed E-state index contributed by atoms with van der Waals surface area (Å²) >= 11 is 0.